The van der Waals surface area contributed by atoms with Crippen LogP contribution in [0.3, 0.4) is 0 Å². The van der Waals surface area contributed by atoms with Gasteiger partial charge in [-0.1, -0.05) is 50.6 Å². The molecular formula is C14H18N2. The van der Waals surface area contributed by atoms with Crippen LogP contribution in [0.2, 0.25) is 0 Å². The van der Waals surface area contributed by atoms with E-state index in [1.54, 1.807) is 0 Å². The smallest absolute Gasteiger partial charge is 0.0568 e. The third-order valence-electron chi connectivity index (χ3n) is 2.75. The molecule has 16 heavy (non-hydrogen) atoms. The number of nitrogens with one attached hydrogen (secondary N) is 1. The molecule has 2 heteroatoms. The Hall–Kier alpha value is -1.57. The average Bonchev–Trinajstić information content (AvgIpc) is 2.66. The normalized spacial score (nSPS) is 11.8. The van der Waals surface area contributed by atoms with Crippen molar-refractivity contribution in [3.05, 3.63) is 41.7 Å². The van der Waals surface area contributed by atoms with Crippen molar-refractivity contribution in [2.75, 3.05) is 0 Å². The number of aromatic nitrogens is 2. The molecule has 1 heterocycles. The number of rotatable bonds is 1. The van der Waals surface area contributed by atoms with Gasteiger partial charge in [-0.05, 0) is 12.5 Å². The second kappa shape index (κ2) is 3.78. The minimum Gasteiger partial charge on any atom is -0.281 e. The van der Waals surface area contributed by atoms with Gasteiger partial charge in [0, 0.05) is 16.7 Å². The summed E-state index contributed by atoms with van der Waals surface area (Å²) in [7, 11) is 0. The monoisotopic (exact) mass is 214 g/mol. The van der Waals surface area contributed by atoms with E-state index >= 15 is 0 Å². The van der Waals surface area contributed by atoms with Gasteiger partial charge >= 0.3 is 0 Å². The Balaban J connectivity index is 2.49. The predicted octanol–water partition coefficient (Wildman–Crippen LogP) is 3.68. The van der Waals surface area contributed by atoms with E-state index in [-0.39, 0.29) is 5.41 Å². The summed E-state index contributed by atoms with van der Waals surface area (Å²) in [5.41, 5.74) is 4.99. The fourth-order valence-electron chi connectivity index (χ4n) is 1.81. The fourth-order valence-corrected chi connectivity index (χ4v) is 1.81. The summed E-state index contributed by atoms with van der Waals surface area (Å²) in [5, 5.41) is 7.27. The molecule has 0 fully saturated rings. The van der Waals surface area contributed by atoms with Gasteiger partial charge in [0.1, 0.15) is 0 Å². The third-order valence-corrected chi connectivity index (χ3v) is 2.75. The van der Waals surface area contributed by atoms with Crippen LogP contribution in [0.25, 0.3) is 11.1 Å². The Morgan fingerprint density at radius 1 is 1.06 bits per heavy atom. The van der Waals surface area contributed by atoms with Crippen molar-refractivity contribution >= 4 is 0 Å². The Morgan fingerprint density at radius 2 is 1.69 bits per heavy atom. The number of H-pyrrole nitrogens is 1. The van der Waals surface area contributed by atoms with E-state index in [1.165, 1.54) is 22.4 Å². The summed E-state index contributed by atoms with van der Waals surface area (Å²) in [6, 6.07) is 8.56. The van der Waals surface area contributed by atoms with Gasteiger partial charge in [0.2, 0.25) is 0 Å². The third kappa shape index (κ3) is 2.01. The highest BCUT2D eigenvalue weighted by atomic mass is 15.1. The molecule has 0 radical (unpaired) electrons. The summed E-state index contributed by atoms with van der Waals surface area (Å²) in [4.78, 5) is 0. The van der Waals surface area contributed by atoms with Crippen LogP contribution in [0, 0.1) is 6.92 Å². The van der Waals surface area contributed by atoms with Gasteiger partial charge in [0.15, 0.2) is 0 Å². The quantitative estimate of drug-likeness (QED) is 0.770. The van der Waals surface area contributed by atoms with Gasteiger partial charge in [-0.15, -0.1) is 0 Å². The van der Waals surface area contributed by atoms with Crippen LogP contribution in [-0.4, -0.2) is 10.2 Å². The van der Waals surface area contributed by atoms with Gasteiger partial charge < -0.3 is 0 Å². The standard InChI is InChI=1S/C14H18N2/c1-10-5-7-11(8-6-10)12-9-15-16-13(12)14(2,3)4/h5-9H,1-4H3,(H,15,16). The van der Waals surface area contributed by atoms with Crippen molar-refractivity contribution in [3.63, 3.8) is 0 Å². The second-order valence-electron chi connectivity index (χ2n) is 5.27. The van der Waals surface area contributed by atoms with E-state index < -0.39 is 0 Å². The van der Waals surface area contributed by atoms with E-state index in [1.807, 2.05) is 6.20 Å². The molecule has 84 valence electrons. The van der Waals surface area contributed by atoms with Gasteiger partial charge in [-0.3, -0.25) is 5.10 Å². The zero-order valence-electron chi connectivity index (χ0n) is 10.3. The van der Waals surface area contributed by atoms with Gasteiger partial charge in [-0.2, -0.15) is 5.10 Å². The van der Waals surface area contributed by atoms with Crippen molar-refractivity contribution in [1.82, 2.24) is 10.2 Å². The largest absolute Gasteiger partial charge is 0.281 e. The van der Waals surface area contributed by atoms with E-state index in [0.29, 0.717) is 0 Å². The number of nitrogens with zero attached hydrogens (tertiary/aromatic N) is 1. The van der Waals surface area contributed by atoms with Crippen molar-refractivity contribution in [2.24, 2.45) is 0 Å². The Kier molecular flexibility index (Phi) is 2.58. The lowest BCUT2D eigenvalue weighted by molar-refractivity contribution is 0.568. The lowest BCUT2D eigenvalue weighted by atomic mass is 9.87. The molecule has 0 spiro atoms. The van der Waals surface area contributed by atoms with Gasteiger partial charge in [-0.25, -0.2) is 0 Å². The summed E-state index contributed by atoms with van der Waals surface area (Å²) in [5.74, 6) is 0. The topological polar surface area (TPSA) is 28.7 Å². The predicted molar refractivity (Wildman–Crippen MR) is 67.5 cm³/mol. The first-order chi connectivity index (χ1) is 7.48. The van der Waals surface area contributed by atoms with Crippen molar-refractivity contribution in [1.29, 1.82) is 0 Å². The zero-order valence-corrected chi connectivity index (χ0v) is 10.3. The molecule has 0 amide bonds. The second-order valence-corrected chi connectivity index (χ2v) is 5.27. The van der Waals surface area contributed by atoms with E-state index in [2.05, 4.69) is 62.2 Å². The van der Waals surface area contributed by atoms with Crippen LogP contribution in [0.1, 0.15) is 32.0 Å². The lowest BCUT2D eigenvalue weighted by Gasteiger charge is -2.18. The molecule has 0 aliphatic heterocycles. The summed E-state index contributed by atoms with van der Waals surface area (Å²) in [6.07, 6.45) is 1.91. The molecule has 0 saturated carbocycles. The molecule has 0 aliphatic rings. The van der Waals surface area contributed by atoms with E-state index in [0.717, 1.165) is 0 Å². The highest BCUT2D eigenvalue weighted by molar-refractivity contribution is 5.66. The maximum Gasteiger partial charge on any atom is 0.0568 e. The minimum atomic E-state index is 0.0940. The number of benzene rings is 1. The molecule has 1 aromatic heterocycles. The Bertz CT molecular complexity index is 472. The Morgan fingerprint density at radius 3 is 2.25 bits per heavy atom. The molecule has 2 rings (SSSR count). The van der Waals surface area contributed by atoms with E-state index in [9.17, 15) is 0 Å². The van der Waals surface area contributed by atoms with Gasteiger partial charge in [0.05, 0.1) is 6.20 Å². The first-order valence-electron chi connectivity index (χ1n) is 5.59. The van der Waals surface area contributed by atoms with Crippen LogP contribution in [0.5, 0.6) is 0 Å². The SMILES string of the molecule is Cc1ccc(-c2cn[nH]c2C(C)(C)C)cc1. The molecule has 0 aliphatic carbocycles. The molecule has 1 N–H and O–H groups in total. The molecule has 0 atom stereocenters. The highest BCUT2D eigenvalue weighted by Gasteiger charge is 2.20. The maximum absolute atomic E-state index is 4.16. The first kappa shape index (κ1) is 10.9. The summed E-state index contributed by atoms with van der Waals surface area (Å²) in [6.45, 7) is 8.68. The lowest BCUT2D eigenvalue weighted by Crippen LogP contribution is -2.13. The maximum atomic E-state index is 4.16. The molecule has 2 nitrogen and oxygen atoms in total. The molecule has 0 bridgehead atoms. The van der Waals surface area contributed by atoms with Crippen LogP contribution in [-0.2, 0) is 5.41 Å². The number of hydrogen-bond donors (Lipinski definition) is 1. The van der Waals surface area contributed by atoms with Gasteiger partial charge in [0.25, 0.3) is 0 Å². The fraction of sp³-hybridized carbons (Fsp3) is 0.357. The zero-order chi connectivity index (χ0) is 11.8. The molecule has 0 saturated heterocycles. The molecule has 0 unspecified atom stereocenters. The number of aryl methyl sites for hydroxylation is 1. The first-order valence-corrected chi connectivity index (χ1v) is 5.59. The highest BCUT2D eigenvalue weighted by Crippen LogP contribution is 2.30. The molecular weight excluding hydrogens is 196 g/mol. The van der Waals surface area contributed by atoms with Crippen LogP contribution in [0.4, 0.5) is 0 Å². The van der Waals surface area contributed by atoms with Crippen LogP contribution in [0.15, 0.2) is 30.5 Å². The molecule has 2 aromatic rings. The number of aromatic amines is 1. The van der Waals surface area contributed by atoms with Crippen molar-refractivity contribution < 1.29 is 0 Å². The average molecular weight is 214 g/mol. The summed E-state index contributed by atoms with van der Waals surface area (Å²) >= 11 is 0. The van der Waals surface area contributed by atoms with Crippen molar-refractivity contribution in [3.8, 4) is 11.1 Å². The van der Waals surface area contributed by atoms with E-state index in [4.69, 9.17) is 0 Å². The van der Waals surface area contributed by atoms with Crippen molar-refractivity contribution in [2.45, 2.75) is 33.1 Å². The van der Waals surface area contributed by atoms with Crippen LogP contribution >= 0.6 is 0 Å². The summed E-state index contributed by atoms with van der Waals surface area (Å²) < 4.78 is 0. The molecule has 1 aromatic carbocycles. The minimum absolute atomic E-state index is 0.0940. The number of hydrogen-bond acceptors (Lipinski definition) is 1. The Labute approximate surface area is 96.7 Å². The van der Waals surface area contributed by atoms with Crippen LogP contribution < -0.4 is 0 Å².